The lowest BCUT2D eigenvalue weighted by Crippen LogP contribution is -2.42. The third-order valence-electron chi connectivity index (χ3n) is 5.00. The summed E-state index contributed by atoms with van der Waals surface area (Å²) in [7, 11) is 0. The molecule has 0 radical (unpaired) electrons. The minimum atomic E-state index is 0.630. The van der Waals surface area contributed by atoms with E-state index in [9.17, 15) is 0 Å². The Morgan fingerprint density at radius 1 is 1.17 bits per heavy atom. The minimum absolute atomic E-state index is 0.630. The molecule has 3 nitrogen and oxygen atoms in total. The average molecular weight is 247 g/mol. The van der Waals surface area contributed by atoms with Crippen LogP contribution in [0.25, 0.3) is 0 Å². The second-order valence-electron chi connectivity index (χ2n) is 5.99. The first-order valence-electron chi connectivity index (χ1n) is 7.62. The van der Waals surface area contributed by atoms with Gasteiger partial charge in [-0.15, -0.1) is 0 Å². The molecule has 0 aromatic carbocycles. The van der Waals surface area contributed by atoms with Crippen molar-refractivity contribution in [2.45, 2.75) is 70.0 Å². The van der Waals surface area contributed by atoms with Crippen molar-refractivity contribution in [3.8, 4) is 0 Å². The molecule has 1 heterocycles. The molecule has 2 aliphatic carbocycles. The van der Waals surface area contributed by atoms with Crippen molar-refractivity contribution in [2.24, 2.45) is 5.92 Å². The Bertz CT molecular complexity index is 360. The summed E-state index contributed by atoms with van der Waals surface area (Å²) in [6.07, 6.45) is 15.5. The normalized spacial score (nSPS) is 36.3. The second kappa shape index (κ2) is 5.43. The average Bonchev–Trinajstić information content (AvgIpc) is 3.09. The summed E-state index contributed by atoms with van der Waals surface area (Å²) in [5, 5.41) is 3.97. The summed E-state index contributed by atoms with van der Waals surface area (Å²) >= 11 is 0. The molecule has 3 heteroatoms. The first-order chi connectivity index (χ1) is 8.88. The maximum Gasteiger partial charge on any atom is 0.0949 e. The zero-order valence-electron chi connectivity index (χ0n) is 11.4. The van der Waals surface area contributed by atoms with Gasteiger partial charge in [0, 0.05) is 30.5 Å². The predicted molar refractivity (Wildman–Crippen MR) is 73.5 cm³/mol. The molecular weight excluding hydrogens is 222 g/mol. The van der Waals surface area contributed by atoms with Gasteiger partial charge in [0.15, 0.2) is 0 Å². The number of nitrogens with zero attached hydrogens (tertiary/aromatic N) is 2. The topological polar surface area (TPSA) is 29.9 Å². The standard InChI is InChI=1S/C15H25N3/c1-2-12-5-3-6-13(12)17-14-7-4-8-15(14)18-10-9-16-11-18/h9-15,17H,2-8H2,1H3. The molecular formula is C15H25N3. The quantitative estimate of drug-likeness (QED) is 0.886. The number of hydrogen-bond donors (Lipinski definition) is 1. The summed E-state index contributed by atoms with van der Waals surface area (Å²) in [6, 6.07) is 2.06. The van der Waals surface area contributed by atoms with E-state index in [0.29, 0.717) is 12.1 Å². The van der Waals surface area contributed by atoms with Gasteiger partial charge >= 0.3 is 0 Å². The molecule has 0 saturated heterocycles. The first kappa shape index (κ1) is 12.2. The van der Waals surface area contributed by atoms with Crippen LogP contribution >= 0.6 is 0 Å². The summed E-state index contributed by atoms with van der Waals surface area (Å²) in [6.45, 7) is 2.34. The van der Waals surface area contributed by atoms with Crippen LogP contribution in [0, 0.1) is 5.92 Å². The van der Waals surface area contributed by atoms with E-state index < -0.39 is 0 Å². The van der Waals surface area contributed by atoms with Gasteiger partial charge in [-0.25, -0.2) is 4.98 Å². The van der Waals surface area contributed by atoms with E-state index >= 15 is 0 Å². The molecule has 0 spiro atoms. The summed E-state index contributed by atoms with van der Waals surface area (Å²) in [4.78, 5) is 4.20. The predicted octanol–water partition coefficient (Wildman–Crippen LogP) is 3.15. The van der Waals surface area contributed by atoms with Crippen LogP contribution in [0.2, 0.25) is 0 Å². The van der Waals surface area contributed by atoms with Crippen LogP contribution < -0.4 is 5.32 Å². The molecule has 3 rings (SSSR count). The van der Waals surface area contributed by atoms with Crippen molar-refractivity contribution in [2.75, 3.05) is 0 Å². The minimum Gasteiger partial charge on any atom is -0.333 e. The van der Waals surface area contributed by atoms with E-state index in [2.05, 4.69) is 28.0 Å². The Labute approximate surface area is 110 Å². The Kier molecular flexibility index (Phi) is 3.69. The van der Waals surface area contributed by atoms with Crippen molar-refractivity contribution in [3.63, 3.8) is 0 Å². The van der Waals surface area contributed by atoms with E-state index in [0.717, 1.165) is 12.0 Å². The van der Waals surface area contributed by atoms with E-state index in [1.165, 1.54) is 44.9 Å². The van der Waals surface area contributed by atoms with Crippen molar-refractivity contribution >= 4 is 0 Å². The van der Waals surface area contributed by atoms with Gasteiger partial charge in [-0.3, -0.25) is 0 Å². The first-order valence-corrected chi connectivity index (χ1v) is 7.62. The molecule has 1 aromatic heterocycles. The molecule has 0 aliphatic heterocycles. The maximum atomic E-state index is 4.20. The van der Waals surface area contributed by atoms with E-state index in [-0.39, 0.29) is 0 Å². The SMILES string of the molecule is CCC1CCCC1NC1CCCC1n1ccnc1. The Morgan fingerprint density at radius 3 is 2.78 bits per heavy atom. The summed E-state index contributed by atoms with van der Waals surface area (Å²) < 4.78 is 2.31. The fourth-order valence-electron chi connectivity index (χ4n) is 3.98. The molecule has 4 atom stereocenters. The molecule has 4 unspecified atom stereocenters. The Morgan fingerprint density at radius 2 is 2.00 bits per heavy atom. The van der Waals surface area contributed by atoms with Crippen LogP contribution in [0.15, 0.2) is 18.7 Å². The highest BCUT2D eigenvalue weighted by molar-refractivity contribution is 4.95. The zero-order valence-corrected chi connectivity index (χ0v) is 11.4. The van der Waals surface area contributed by atoms with Gasteiger partial charge in [-0.1, -0.05) is 19.8 Å². The van der Waals surface area contributed by atoms with E-state index in [1.54, 1.807) is 0 Å². The van der Waals surface area contributed by atoms with Gasteiger partial charge in [0.25, 0.3) is 0 Å². The third-order valence-corrected chi connectivity index (χ3v) is 5.00. The highest BCUT2D eigenvalue weighted by Crippen LogP contribution is 2.34. The fourth-order valence-corrected chi connectivity index (χ4v) is 3.98. The van der Waals surface area contributed by atoms with Crippen molar-refractivity contribution in [1.82, 2.24) is 14.9 Å². The van der Waals surface area contributed by atoms with E-state index in [4.69, 9.17) is 0 Å². The highest BCUT2D eigenvalue weighted by Gasteiger charge is 2.33. The largest absolute Gasteiger partial charge is 0.333 e. The molecule has 18 heavy (non-hydrogen) atoms. The monoisotopic (exact) mass is 247 g/mol. The Hall–Kier alpha value is -0.830. The van der Waals surface area contributed by atoms with Crippen LogP contribution in [-0.4, -0.2) is 21.6 Å². The van der Waals surface area contributed by atoms with E-state index in [1.807, 2.05) is 12.5 Å². The fraction of sp³-hybridized carbons (Fsp3) is 0.800. The molecule has 2 aliphatic rings. The highest BCUT2D eigenvalue weighted by atomic mass is 15.1. The lowest BCUT2D eigenvalue weighted by molar-refractivity contribution is 0.305. The summed E-state index contributed by atoms with van der Waals surface area (Å²) in [5.74, 6) is 0.911. The molecule has 0 amide bonds. The molecule has 2 fully saturated rings. The van der Waals surface area contributed by atoms with Crippen LogP contribution in [0.3, 0.4) is 0 Å². The lowest BCUT2D eigenvalue weighted by Gasteiger charge is -2.28. The van der Waals surface area contributed by atoms with Crippen LogP contribution in [0.5, 0.6) is 0 Å². The van der Waals surface area contributed by atoms with Crippen LogP contribution in [0.4, 0.5) is 0 Å². The zero-order chi connectivity index (χ0) is 12.4. The van der Waals surface area contributed by atoms with Gasteiger partial charge in [0.2, 0.25) is 0 Å². The third kappa shape index (κ3) is 2.33. The van der Waals surface area contributed by atoms with Gasteiger partial charge in [-0.2, -0.15) is 0 Å². The molecule has 0 bridgehead atoms. The maximum absolute atomic E-state index is 4.20. The molecule has 1 N–H and O–H groups in total. The number of aromatic nitrogens is 2. The smallest absolute Gasteiger partial charge is 0.0949 e. The molecule has 100 valence electrons. The number of hydrogen-bond acceptors (Lipinski definition) is 2. The molecule has 1 aromatic rings. The Balaban J connectivity index is 1.65. The lowest BCUT2D eigenvalue weighted by atomic mass is 9.99. The summed E-state index contributed by atoms with van der Waals surface area (Å²) in [5.41, 5.74) is 0. The number of rotatable bonds is 4. The molecule has 2 saturated carbocycles. The van der Waals surface area contributed by atoms with Crippen LogP contribution in [-0.2, 0) is 0 Å². The number of nitrogens with one attached hydrogen (secondary N) is 1. The second-order valence-corrected chi connectivity index (χ2v) is 5.99. The number of imidazole rings is 1. The van der Waals surface area contributed by atoms with Gasteiger partial charge < -0.3 is 9.88 Å². The van der Waals surface area contributed by atoms with Gasteiger partial charge in [0.05, 0.1) is 6.33 Å². The van der Waals surface area contributed by atoms with Gasteiger partial charge in [0.1, 0.15) is 0 Å². The van der Waals surface area contributed by atoms with Crippen molar-refractivity contribution in [3.05, 3.63) is 18.7 Å². The van der Waals surface area contributed by atoms with Crippen LogP contribution in [0.1, 0.15) is 57.9 Å². The van der Waals surface area contributed by atoms with Crippen molar-refractivity contribution in [1.29, 1.82) is 0 Å². The van der Waals surface area contributed by atoms with Gasteiger partial charge in [-0.05, 0) is 38.0 Å². The van der Waals surface area contributed by atoms with Crippen molar-refractivity contribution < 1.29 is 0 Å².